The van der Waals surface area contributed by atoms with Gasteiger partial charge in [0.05, 0.1) is 11.1 Å². The van der Waals surface area contributed by atoms with Crippen molar-refractivity contribution in [2.75, 3.05) is 14.1 Å². The zero-order valence-corrected chi connectivity index (χ0v) is 19.5. The highest BCUT2D eigenvalue weighted by Crippen LogP contribution is 2.25. The number of para-hydroxylation sites is 1. The molecular weight excluding hydrogens is 447 g/mol. The predicted octanol–water partition coefficient (Wildman–Crippen LogP) is 2.73. The van der Waals surface area contributed by atoms with Gasteiger partial charge >= 0.3 is 10.2 Å². The van der Waals surface area contributed by atoms with E-state index in [9.17, 15) is 22.4 Å². The van der Waals surface area contributed by atoms with Crippen LogP contribution in [0.25, 0.3) is 17.0 Å². The summed E-state index contributed by atoms with van der Waals surface area (Å²) in [6, 6.07) is 12.0. The van der Waals surface area contributed by atoms with Gasteiger partial charge in [-0.3, -0.25) is 9.59 Å². The summed E-state index contributed by atoms with van der Waals surface area (Å²) in [6.07, 6.45) is 2.75. The van der Waals surface area contributed by atoms with Gasteiger partial charge in [-0.25, -0.2) is 8.36 Å². The highest BCUT2D eigenvalue weighted by molar-refractivity contribution is 7.87. The number of nitrogens with zero attached hydrogens (tertiary/aromatic N) is 2. The van der Waals surface area contributed by atoms with E-state index in [4.69, 9.17) is 0 Å². The molecule has 0 fully saturated rings. The van der Waals surface area contributed by atoms with Gasteiger partial charge in [-0.15, -0.1) is 0 Å². The average Bonchev–Trinajstić information content (AvgIpc) is 3.12. The lowest BCUT2D eigenvalue weighted by Crippen LogP contribution is -2.38. The maximum absolute atomic E-state index is 14.1. The minimum absolute atomic E-state index is 0.151. The molecule has 0 aliphatic rings. The van der Waals surface area contributed by atoms with E-state index in [0.717, 1.165) is 14.3 Å². The normalized spacial score (nSPS) is 12.4. The molecule has 174 valence electrons. The number of amides is 2. The smallest absolute Gasteiger partial charge is 0.307 e. The molecule has 0 spiro atoms. The van der Waals surface area contributed by atoms with Gasteiger partial charge in [-0.2, -0.15) is 12.7 Å². The number of rotatable bonds is 7. The lowest BCUT2D eigenvalue weighted by molar-refractivity contribution is -0.118. The van der Waals surface area contributed by atoms with Crippen molar-refractivity contribution >= 4 is 39.0 Å². The molecule has 1 aromatic heterocycles. The summed E-state index contributed by atoms with van der Waals surface area (Å²) in [5.74, 6) is -2.13. The van der Waals surface area contributed by atoms with Crippen molar-refractivity contribution in [1.82, 2.24) is 18.9 Å². The van der Waals surface area contributed by atoms with Gasteiger partial charge in [0.1, 0.15) is 11.5 Å². The van der Waals surface area contributed by atoms with Crippen molar-refractivity contribution < 1.29 is 22.4 Å². The molecule has 2 aromatic carbocycles. The molecule has 0 aliphatic carbocycles. The van der Waals surface area contributed by atoms with Crippen LogP contribution in [-0.2, 0) is 15.0 Å². The quantitative estimate of drug-likeness (QED) is 0.517. The molecule has 8 nitrogen and oxygen atoms in total. The van der Waals surface area contributed by atoms with Crippen LogP contribution in [0.1, 0.15) is 29.8 Å². The van der Waals surface area contributed by atoms with E-state index < -0.39 is 27.8 Å². The molecular formula is C23H25FN4O4S. The Balaban J connectivity index is 2.14. The molecule has 0 atom stereocenters. The van der Waals surface area contributed by atoms with Crippen LogP contribution in [-0.4, -0.2) is 48.6 Å². The number of carbonyl (C=O) groups excluding carboxylic acids is 2. The summed E-state index contributed by atoms with van der Waals surface area (Å²) in [4.78, 5) is 25.5. The van der Waals surface area contributed by atoms with Crippen molar-refractivity contribution in [3.8, 4) is 0 Å². The van der Waals surface area contributed by atoms with E-state index >= 15 is 0 Å². The Labute approximate surface area is 191 Å². The van der Waals surface area contributed by atoms with Gasteiger partial charge in [-0.05, 0) is 38.1 Å². The minimum Gasteiger partial charge on any atom is -0.349 e. The average molecular weight is 473 g/mol. The van der Waals surface area contributed by atoms with Crippen LogP contribution in [0.3, 0.4) is 0 Å². The fraction of sp³-hybridized carbons (Fsp3) is 0.217. The zero-order valence-electron chi connectivity index (χ0n) is 18.7. The maximum Gasteiger partial charge on any atom is 0.307 e. The van der Waals surface area contributed by atoms with E-state index in [-0.39, 0.29) is 17.3 Å². The first-order valence-corrected chi connectivity index (χ1v) is 11.5. The number of carbonyl (C=O) groups is 2. The van der Waals surface area contributed by atoms with E-state index in [1.54, 1.807) is 38.1 Å². The largest absolute Gasteiger partial charge is 0.349 e. The predicted molar refractivity (Wildman–Crippen MR) is 125 cm³/mol. The highest BCUT2D eigenvalue weighted by atomic mass is 32.2. The van der Waals surface area contributed by atoms with E-state index in [1.165, 1.54) is 44.6 Å². The van der Waals surface area contributed by atoms with Crippen LogP contribution in [0.15, 0.2) is 60.4 Å². The number of hydrogen-bond donors (Lipinski definition) is 2. The number of fused-ring (bicyclic) bond motifs is 1. The second-order valence-corrected chi connectivity index (χ2v) is 9.83. The van der Waals surface area contributed by atoms with Gasteiger partial charge < -0.3 is 10.6 Å². The number of benzene rings is 2. The van der Waals surface area contributed by atoms with Crippen molar-refractivity contribution in [2.45, 2.75) is 19.9 Å². The molecule has 10 heteroatoms. The minimum atomic E-state index is -3.85. The first kappa shape index (κ1) is 24.1. The monoisotopic (exact) mass is 472 g/mol. The highest BCUT2D eigenvalue weighted by Gasteiger charge is 2.22. The van der Waals surface area contributed by atoms with Gasteiger partial charge in [0.15, 0.2) is 0 Å². The van der Waals surface area contributed by atoms with Crippen LogP contribution >= 0.6 is 0 Å². The Kier molecular flexibility index (Phi) is 6.99. The van der Waals surface area contributed by atoms with E-state index in [2.05, 4.69) is 10.6 Å². The number of aromatic nitrogens is 1. The van der Waals surface area contributed by atoms with Crippen molar-refractivity contribution in [3.63, 3.8) is 0 Å². The van der Waals surface area contributed by atoms with Gasteiger partial charge in [0.25, 0.3) is 11.8 Å². The second-order valence-electron chi connectivity index (χ2n) is 7.81. The summed E-state index contributed by atoms with van der Waals surface area (Å²) in [6.45, 7) is 3.51. The Hall–Kier alpha value is -3.50. The standard InChI is InChI=1S/C23H25FN4O4S/c1-15(2)25-23(30)20(26-22(29)18-10-5-7-11-19(18)24)13-16-14-28(33(31,32)27(3)4)21-12-8-6-9-17(16)21/h5-15H,1-4H3,(H,25,30)(H,26,29). The Morgan fingerprint density at radius 3 is 2.33 bits per heavy atom. The number of hydrogen-bond acceptors (Lipinski definition) is 4. The molecule has 2 N–H and O–H groups in total. The first-order chi connectivity index (χ1) is 15.5. The van der Waals surface area contributed by atoms with Gasteiger partial charge in [0, 0.05) is 37.3 Å². The molecule has 3 aromatic rings. The van der Waals surface area contributed by atoms with Crippen LogP contribution in [0, 0.1) is 5.82 Å². The molecule has 0 saturated carbocycles. The van der Waals surface area contributed by atoms with Crippen molar-refractivity contribution in [3.05, 3.63) is 77.4 Å². The Morgan fingerprint density at radius 1 is 1.06 bits per heavy atom. The summed E-state index contributed by atoms with van der Waals surface area (Å²) >= 11 is 0. The van der Waals surface area contributed by atoms with E-state index in [1.807, 2.05) is 0 Å². The molecule has 0 unspecified atom stereocenters. The van der Waals surface area contributed by atoms with Crippen molar-refractivity contribution in [2.24, 2.45) is 0 Å². The molecule has 1 heterocycles. The van der Waals surface area contributed by atoms with Gasteiger partial charge in [-0.1, -0.05) is 30.3 Å². The fourth-order valence-electron chi connectivity index (χ4n) is 3.15. The first-order valence-electron chi connectivity index (χ1n) is 10.1. The fourth-order valence-corrected chi connectivity index (χ4v) is 4.15. The van der Waals surface area contributed by atoms with Crippen molar-refractivity contribution in [1.29, 1.82) is 0 Å². The van der Waals surface area contributed by atoms with E-state index in [0.29, 0.717) is 16.5 Å². The summed E-state index contributed by atoms with van der Waals surface area (Å²) in [7, 11) is -1.02. The second kappa shape index (κ2) is 9.55. The molecule has 0 bridgehead atoms. The summed E-state index contributed by atoms with van der Waals surface area (Å²) in [5.41, 5.74) is 0.417. The molecule has 0 aliphatic heterocycles. The third-order valence-electron chi connectivity index (χ3n) is 4.75. The molecule has 0 radical (unpaired) electrons. The molecule has 3 rings (SSSR count). The van der Waals surface area contributed by atoms with Crippen LogP contribution in [0.4, 0.5) is 4.39 Å². The van der Waals surface area contributed by atoms with Crippen LogP contribution < -0.4 is 10.6 Å². The zero-order chi connectivity index (χ0) is 24.3. The third-order valence-corrected chi connectivity index (χ3v) is 6.47. The van der Waals surface area contributed by atoms with Crippen LogP contribution in [0.2, 0.25) is 0 Å². The lowest BCUT2D eigenvalue weighted by Gasteiger charge is -2.13. The lowest BCUT2D eigenvalue weighted by atomic mass is 10.1. The SMILES string of the molecule is CC(C)NC(=O)C(=Cc1cn(S(=O)(=O)N(C)C)c2ccccc12)NC(=O)c1ccccc1F. The Morgan fingerprint density at radius 2 is 1.70 bits per heavy atom. The topological polar surface area (TPSA) is 101 Å². The summed E-state index contributed by atoms with van der Waals surface area (Å²) in [5, 5.41) is 5.71. The number of halogens is 1. The Bertz CT molecular complexity index is 1340. The van der Waals surface area contributed by atoms with Crippen LogP contribution in [0.5, 0.6) is 0 Å². The molecule has 2 amide bonds. The molecule has 0 saturated heterocycles. The number of nitrogens with one attached hydrogen (secondary N) is 2. The maximum atomic E-state index is 14.1. The third kappa shape index (κ3) is 5.12. The van der Waals surface area contributed by atoms with Gasteiger partial charge in [0.2, 0.25) is 0 Å². The summed E-state index contributed by atoms with van der Waals surface area (Å²) < 4.78 is 41.9. The molecule has 33 heavy (non-hydrogen) atoms.